The highest BCUT2D eigenvalue weighted by molar-refractivity contribution is 9.11. The van der Waals surface area contributed by atoms with E-state index < -0.39 is 18.0 Å². The fourth-order valence-corrected chi connectivity index (χ4v) is 3.57. The number of carboxylic acid groups (broad SMARTS) is 1. The molecule has 1 aromatic carbocycles. The van der Waals surface area contributed by atoms with E-state index in [4.69, 9.17) is 9.84 Å². The molecule has 1 rings (SSSR count). The summed E-state index contributed by atoms with van der Waals surface area (Å²) in [4.78, 5) is 22.2. The van der Waals surface area contributed by atoms with Crippen LogP contribution in [-0.2, 0) is 14.3 Å². The van der Waals surface area contributed by atoms with Gasteiger partial charge < -0.3 is 15.2 Å². The predicted molar refractivity (Wildman–Crippen MR) is 81.2 cm³/mol. The van der Waals surface area contributed by atoms with Crippen molar-refractivity contribution in [1.82, 2.24) is 0 Å². The van der Waals surface area contributed by atoms with Gasteiger partial charge in [0.1, 0.15) is 6.61 Å². The molecule has 0 saturated heterocycles. The minimum atomic E-state index is -1.11. The maximum atomic E-state index is 11.6. The molecule has 0 saturated carbocycles. The van der Waals surface area contributed by atoms with E-state index in [9.17, 15) is 9.59 Å². The van der Waals surface area contributed by atoms with E-state index in [1.807, 2.05) is 0 Å². The molecule has 0 aliphatic heterocycles. The van der Waals surface area contributed by atoms with Crippen LogP contribution < -0.4 is 5.32 Å². The average Bonchev–Trinajstić information content (AvgIpc) is 2.30. The fourth-order valence-electron chi connectivity index (χ4n) is 1.11. The molecule has 5 nitrogen and oxygen atoms in total. The summed E-state index contributed by atoms with van der Waals surface area (Å²) in [6.45, 7) is 1.03. The zero-order valence-electron chi connectivity index (χ0n) is 9.75. The second-order valence-corrected chi connectivity index (χ2v) is 6.21. The molecule has 8 heteroatoms. The molecule has 104 valence electrons. The lowest BCUT2D eigenvalue weighted by Gasteiger charge is -2.12. The van der Waals surface area contributed by atoms with Crippen LogP contribution in [0.1, 0.15) is 6.92 Å². The number of carbonyl (C=O) groups is 2. The van der Waals surface area contributed by atoms with Crippen molar-refractivity contribution >= 4 is 65.4 Å². The summed E-state index contributed by atoms with van der Waals surface area (Å²) in [5, 5.41) is 11.3. The van der Waals surface area contributed by atoms with Gasteiger partial charge in [-0.1, -0.05) is 15.9 Å². The zero-order chi connectivity index (χ0) is 14.6. The molecule has 0 radical (unpaired) electrons. The molecule has 0 aliphatic carbocycles. The van der Waals surface area contributed by atoms with E-state index in [1.54, 1.807) is 12.1 Å². The number of rotatable bonds is 5. The number of carboxylic acids is 1. The second-order valence-electron chi connectivity index (χ2n) is 3.58. The number of benzene rings is 1. The first kappa shape index (κ1) is 16.6. The van der Waals surface area contributed by atoms with Crippen molar-refractivity contribution in [2.24, 2.45) is 0 Å². The number of anilines is 1. The number of hydrogen-bond donors (Lipinski definition) is 2. The van der Waals surface area contributed by atoms with Gasteiger partial charge in [0.15, 0.2) is 6.10 Å². The Bertz CT molecular complexity index is 484. The third-order valence-electron chi connectivity index (χ3n) is 2.08. The molecule has 0 aromatic heterocycles. The van der Waals surface area contributed by atoms with E-state index in [1.165, 1.54) is 6.92 Å². The number of carbonyl (C=O) groups excluding carboxylic acids is 1. The monoisotopic (exact) mass is 457 g/mol. The fraction of sp³-hybridized carbons (Fsp3) is 0.273. The Labute approximate surface area is 135 Å². The van der Waals surface area contributed by atoms with Gasteiger partial charge in [-0.05, 0) is 50.9 Å². The molecule has 0 unspecified atom stereocenters. The lowest BCUT2D eigenvalue weighted by Crippen LogP contribution is -2.26. The first-order chi connectivity index (χ1) is 8.81. The van der Waals surface area contributed by atoms with Crippen molar-refractivity contribution in [3.8, 4) is 0 Å². The van der Waals surface area contributed by atoms with Gasteiger partial charge in [-0.25, -0.2) is 4.79 Å². The summed E-state index contributed by atoms with van der Waals surface area (Å²) >= 11 is 9.96. The van der Waals surface area contributed by atoms with E-state index in [0.29, 0.717) is 14.6 Å². The van der Waals surface area contributed by atoms with Gasteiger partial charge in [-0.2, -0.15) is 0 Å². The van der Waals surface area contributed by atoms with Gasteiger partial charge in [-0.15, -0.1) is 0 Å². The predicted octanol–water partition coefficient (Wildman–Crippen LogP) is 3.40. The molecule has 1 aromatic rings. The number of amides is 1. The van der Waals surface area contributed by atoms with Gasteiger partial charge in [0, 0.05) is 13.4 Å². The summed E-state index contributed by atoms with van der Waals surface area (Å²) in [7, 11) is 0. The second kappa shape index (κ2) is 7.37. The highest BCUT2D eigenvalue weighted by Crippen LogP contribution is 2.34. The van der Waals surface area contributed by atoms with Crippen LogP contribution in [0.25, 0.3) is 0 Å². The Kier molecular flexibility index (Phi) is 6.45. The highest BCUT2D eigenvalue weighted by atomic mass is 79.9. The largest absolute Gasteiger partial charge is 0.479 e. The first-order valence-electron chi connectivity index (χ1n) is 5.10. The Balaban J connectivity index is 2.65. The van der Waals surface area contributed by atoms with Crippen molar-refractivity contribution in [2.75, 3.05) is 11.9 Å². The summed E-state index contributed by atoms with van der Waals surface area (Å²) in [5.41, 5.74) is 0.555. The van der Waals surface area contributed by atoms with Gasteiger partial charge in [0.25, 0.3) is 0 Å². The van der Waals surface area contributed by atoms with E-state index in [-0.39, 0.29) is 6.61 Å². The Morgan fingerprint density at radius 1 is 1.32 bits per heavy atom. The number of aliphatic carboxylic acids is 1. The van der Waals surface area contributed by atoms with Gasteiger partial charge in [-0.3, -0.25) is 4.79 Å². The van der Waals surface area contributed by atoms with Crippen LogP contribution in [0.4, 0.5) is 5.69 Å². The Morgan fingerprint density at radius 3 is 2.32 bits per heavy atom. The quantitative estimate of drug-likeness (QED) is 0.707. The van der Waals surface area contributed by atoms with E-state index >= 15 is 0 Å². The molecule has 0 aliphatic rings. The summed E-state index contributed by atoms with van der Waals surface area (Å²) in [6.07, 6.45) is -1.03. The van der Waals surface area contributed by atoms with Crippen LogP contribution in [-0.4, -0.2) is 29.7 Å². The van der Waals surface area contributed by atoms with Crippen LogP contribution in [0.2, 0.25) is 0 Å². The van der Waals surface area contributed by atoms with Crippen LogP contribution in [0.15, 0.2) is 25.6 Å². The SMILES string of the molecule is C[C@H](OCC(=O)Nc1c(Br)cc(Br)cc1Br)C(=O)O. The topological polar surface area (TPSA) is 75.6 Å². The van der Waals surface area contributed by atoms with Crippen molar-refractivity contribution in [2.45, 2.75) is 13.0 Å². The minimum Gasteiger partial charge on any atom is -0.479 e. The Morgan fingerprint density at radius 2 is 1.84 bits per heavy atom. The van der Waals surface area contributed by atoms with E-state index in [2.05, 4.69) is 53.1 Å². The molecule has 0 heterocycles. The smallest absolute Gasteiger partial charge is 0.332 e. The lowest BCUT2D eigenvalue weighted by molar-refractivity contribution is -0.150. The van der Waals surface area contributed by atoms with Crippen molar-refractivity contribution in [1.29, 1.82) is 0 Å². The van der Waals surface area contributed by atoms with Crippen molar-refractivity contribution < 1.29 is 19.4 Å². The molecule has 0 fully saturated rings. The molecule has 2 N–H and O–H groups in total. The average molecular weight is 460 g/mol. The van der Waals surface area contributed by atoms with Crippen LogP contribution in [0.3, 0.4) is 0 Å². The summed E-state index contributed by atoms with van der Waals surface area (Å²) in [6, 6.07) is 3.56. The Hall–Kier alpha value is -0.440. The number of ether oxygens (including phenoxy) is 1. The lowest BCUT2D eigenvalue weighted by atomic mass is 10.3. The van der Waals surface area contributed by atoms with Gasteiger partial charge in [0.05, 0.1) is 5.69 Å². The molecular weight excluding hydrogens is 450 g/mol. The maximum absolute atomic E-state index is 11.6. The molecule has 0 spiro atoms. The standard InChI is InChI=1S/C11H10Br3NO4/c1-5(11(17)18)19-4-9(16)15-10-7(13)2-6(12)3-8(10)14/h2-3,5H,4H2,1H3,(H,15,16)(H,17,18)/t5-/m0/s1. The molecule has 1 atom stereocenters. The van der Waals surface area contributed by atoms with E-state index in [0.717, 1.165) is 4.47 Å². The minimum absolute atomic E-state index is 0.331. The van der Waals surface area contributed by atoms with Gasteiger partial charge in [0.2, 0.25) is 5.91 Å². The van der Waals surface area contributed by atoms with Crippen LogP contribution >= 0.6 is 47.8 Å². The summed E-state index contributed by atoms with van der Waals surface area (Å²) < 4.78 is 7.11. The number of nitrogens with one attached hydrogen (secondary N) is 1. The maximum Gasteiger partial charge on any atom is 0.332 e. The molecule has 0 bridgehead atoms. The van der Waals surface area contributed by atoms with Crippen molar-refractivity contribution in [3.63, 3.8) is 0 Å². The van der Waals surface area contributed by atoms with Crippen molar-refractivity contribution in [3.05, 3.63) is 25.6 Å². The first-order valence-corrected chi connectivity index (χ1v) is 7.48. The third kappa shape index (κ3) is 5.21. The number of hydrogen-bond acceptors (Lipinski definition) is 3. The van der Waals surface area contributed by atoms with Crippen LogP contribution in [0.5, 0.6) is 0 Å². The molecule has 1 amide bonds. The zero-order valence-corrected chi connectivity index (χ0v) is 14.5. The van der Waals surface area contributed by atoms with Crippen LogP contribution in [0, 0.1) is 0 Å². The third-order valence-corrected chi connectivity index (χ3v) is 3.79. The number of halogens is 3. The molecule has 19 heavy (non-hydrogen) atoms. The summed E-state index contributed by atoms with van der Waals surface area (Å²) in [5.74, 6) is -1.55. The van der Waals surface area contributed by atoms with Gasteiger partial charge >= 0.3 is 5.97 Å². The molecular formula is C11H10Br3NO4. The highest BCUT2D eigenvalue weighted by Gasteiger charge is 2.15. The normalized spacial score (nSPS) is 12.0.